The highest BCUT2D eigenvalue weighted by Crippen LogP contribution is 2.41. The third-order valence-corrected chi connectivity index (χ3v) is 5.86. The summed E-state index contributed by atoms with van der Waals surface area (Å²) in [4.78, 5) is 25.4. The van der Waals surface area contributed by atoms with Crippen molar-refractivity contribution in [2.45, 2.75) is 13.5 Å². The molecule has 0 amide bonds. The van der Waals surface area contributed by atoms with E-state index in [0.717, 1.165) is 5.56 Å². The number of carbonyl (C=O) groups is 1. The third kappa shape index (κ3) is 4.26. The second-order valence-corrected chi connectivity index (χ2v) is 7.99. The van der Waals surface area contributed by atoms with Gasteiger partial charge in [-0.25, -0.2) is 4.79 Å². The van der Waals surface area contributed by atoms with Crippen LogP contribution in [0, 0.1) is 0 Å². The predicted octanol–water partition coefficient (Wildman–Crippen LogP) is 4.91. The summed E-state index contributed by atoms with van der Waals surface area (Å²) in [6.45, 7) is 2.57. The van der Waals surface area contributed by atoms with Crippen LogP contribution >= 0.6 is 0 Å². The van der Waals surface area contributed by atoms with Gasteiger partial charge in [0.15, 0.2) is 11.5 Å². The molecule has 36 heavy (non-hydrogen) atoms. The van der Waals surface area contributed by atoms with Crippen LogP contribution in [-0.2, 0) is 6.54 Å². The lowest BCUT2D eigenvalue weighted by atomic mass is 9.98. The number of fused-ring (bicyclic) bond motifs is 2. The maximum absolute atomic E-state index is 13.7. The largest absolute Gasteiger partial charge is 0.511 e. The van der Waals surface area contributed by atoms with Gasteiger partial charge in [-0.1, -0.05) is 18.2 Å². The Hall–Kier alpha value is -4.66. The number of nitrogens with zero attached hydrogens (tertiary/aromatic N) is 1. The Bertz CT molecular complexity index is 1510. The zero-order valence-electron chi connectivity index (χ0n) is 19.6. The molecule has 0 fully saturated rings. The van der Waals surface area contributed by atoms with Crippen molar-refractivity contribution in [1.82, 2.24) is 4.57 Å². The van der Waals surface area contributed by atoms with E-state index in [2.05, 4.69) is 0 Å². The smallest absolute Gasteiger partial charge is 0.497 e. The number of carboxylic acid groups (broad SMARTS) is 1. The van der Waals surface area contributed by atoms with Crippen molar-refractivity contribution in [3.8, 4) is 39.9 Å². The zero-order valence-corrected chi connectivity index (χ0v) is 19.6. The average Bonchev–Trinajstić information content (AvgIpc) is 3.35. The topological polar surface area (TPSA) is 105 Å². The first-order valence-corrected chi connectivity index (χ1v) is 11.3. The van der Waals surface area contributed by atoms with Gasteiger partial charge in [0.25, 0.3) is 5.56 Å². The summed E-state index contributed by atoms with van der Waals surface area (Å²) in [6.07, 6.45) is -1.59. The molecule has 4 aromatic rings. The molecule has 2 heterocycles. The minimum absolute atomic E-state index is 0.0793. The molecule has 184 valence electrons. The van der Waals surface area contributed by atoms with Crippen LogP contribution in [0.15, 0.2) is 65.5 Å². The molecule has 3 aromatic carbocycles. The molecule has 1 aliphatic rings. The van der Waals surface area contributed by atoms with Gasteiger partial charge in [-0.05, 0) is 60.5 Å². The minimum Gasteiger partial charge on any atom is -0.497 e. The fourth-order valence-electron chi connectivity index (χ4n) is 4.26. The van der Waals surface area contributed by atoms with Crippen LogP contribution in [0.2, 0.25) is 0 Å². The summed E-state index contributed by atoms with van der Waals surface area (Å²) in [5.74, 6) is 2.00. The molecule has 0 saturated carbocycles. The van der Waals surface area contributed by atoms with Crippen LogP contribution in [-0.4, -0.2) is 36.3 Å². The Kier molecular flexibility index (Phi) is 6.12. The van der Waals surface area contributed by atoms with Crippen LogP contribution in [0.25, 0.3) is 22.0 Å². The fraction of sp³-hybridized carbons (Fsp3) is 0.185. The van der Waals surface area contributed by atoms with E-state index in [1.165, 1.54) is 4.57 Å². The quantitative estimate of drug-likeness (QED) is 0.365. The summed E-state index contributed by atoms with van der Waals surface area (Å²) in [5.41, 5.74) is 1.69. The second kappa shape index (κ2) is 9.53. The van der Waals surface area contributed by atoms with Crippen molar-refractivity contribution in [1.29, 1.82) is 0 Å². The zero-order chi connectivity index (χ0) is 25.2. The monoisotopic (exact) mass is 489 g/mol. The van der Waals surface area contributed by atoms with Crippen molar-refractivity contribution in [2.75, 3.05) is 20.5 Å². The van der Waals surface area contributed by atoms with Gasteiger partial charge in [0.1, 0.15) is 11.5 Å². The molecule has 0 aliphatic carbocycles. The normalized spacial score (nSPS) is 11.9. The van der Waals surface area contributed by atoms with E-state index in [1.54, 1.807) is 55.6 Å². The number of methoxy groups -OCH3 is 1. The molecule has 1 N–H and O–H groups in total. The molecule has 9 heteroatoms. The van der Waals surface area contributed by atoms with Crippen LogP contribution in [0.5, 0.6) is 28.7 Å². The maximum Gasteiger partial charge on any atom is 0.511 e. The van der Waals surface area contributed by atoms with E-state index in [9.17, 15) is 14.7 Å². The molecule has 1 aromatic heterocycles. The summed E-state index contributed by atoms with van der Waals surface area (Å²) in [6, 6.07) is 17.8. The van der Waals surface area contributed by atoms with Crippen LogP contribution in [0.4, 0.5) is 4.79 Å². The lowest BCUT2D eigenvalue weighted by molar-refractivity contribution is 0.144. The molecule has 1 aliphatic heterocycles. The maximum atomic E-state index is 13.7. The van der Waals surface area contributed by atoms with Crippen LogP contribution < -0.4 is 29.2 Å². The van der Waals surface area contributed by atoms with E-state index >= 15 is 0 Å². The lowest BCUT2D eigenvalue weighted by Crippen LogP contribution is -2.25. The molecule has 9 nitrogen and oxygen atoms in total. The van der Waals surface area contributed by atoms with E-state index in [4.69, 9.17) is 23.7 Å². The van der Waals surface area contributed by atoms with Crippen molar-refractivity contribution in [3.63, 3.8) is 0 Å². The molecule has 0 bridgehead atoms. The van der Waals surface area contributed by atoms with Gasteiger partial charge in [-0.15, -0.1) is 0 Å². The Balaban J connectivity index is 1.78. The number of benzene rings is 3. The molecule has 0 saturated heterocycles. The number of hydrogen-bond donors (Lipinski definition) is 1. The van der Waals surface area contributed by atoms with Gasteiger partial charge in [0.2, 0.25) is 12.5 Å². The molecule has 0 unspecified atom stereocenters. The van der Waals surface area contributed by atoms with Crippen LogP contribution in [0.1, 0.15) is 12.5 Å². The van der Waals surface area contributed by atoms with Gasteiger partial charge < -0.3 is 33.4 Å². The predicted molar refractivity (Wildman–Crippen MR) is 132 cm³/mol. The molecular formula is C27H23NO8. The average molecular weight is 489 g/mol. The van der Waals surface area contributed by atoms with Crippen molar-refractivity contribution >= 4 is 17.1 Å². The molecule has 5 rings (SSSR count). The lowest BCUT2D eigenvalue weighted by Gasteiger charge is -2.18. The molecule has 0 atom stereocenters. The Labute approximate surface area is 206 Å². The summed E-state index contributed by atoms with van der Waals surface area (Å²) in [7, 11) is 1.58. The number of ether oxygens (including phenoxy) is 5. The Morgan fingerprint density at radius 2 is 1.75 bits per heavy atom. The van der Waals surface area contributed by atoms with Gasteiger partial charge in [-0.2, -0.15) is 0 Å². The molecule has 0 radical (unpaired) electrons. The second-order valence-electron chi connectivity index (χ2n) is 7.99. The minimum atomic E-state index is -1.59. The third-order valence-electron chi connectivity index (χ3n) is 5.86. The van der Waals surface area contributed by atoms with Gasteiger partial charge in [-0.3, -0.25) is 4.79 Å². The van der Waals surface area contributed by atoms with Crippen molar-refractivity contribution < 1.29 is 33.6 Å². The van der Waals surface area contributed by atoms with E-state index < -0.39 is 11.7 Å². The van der Waals surface area contributed by atoms with E-state index in [1.807, 2.05) is 19.1 Å². The molecular weight excluding hydrogens is 466 g/mol. The standard InChI is InChI=1S/C27H23NO8/c1-3-33-19-9-10-21-20(13-19)24(17-6-11-22-23(12-17)35-15-34-22)25(36-27(30)31)26(29)28(21)14-16-4-7-18(32-2)8-5-16/h4-13H,3,14-15H2,1-2H3,(H,30,31). The van der Waals surface area contributed by atoms with Crippen LogP contribution in [0.3, 0.4) is 0 Å². The summed E-state index contributed by atoms with van der Waals surface area (Å²) >= 11 is 0. The Morgan fingerprint density at radius 3 is 2.47 bits per heavy atom. The summed E-state index contributed by atoms with van der Waals surface area (Å²) in [5, 5.41) is 10.1. The highest BCUT2D eigenvalue weighted by Gasteiger charge is 2.24. The summed E-state index contributed by atoms with van der Waals surface area (Å²) < 4.78 is 28.5. The number of hydrogen-bond acceptors (Lipinski definition) is 7. The van der Waals surface area contributed by atoms with Crippen molar-refractivity contribution in [3.05, 3.63) is 76.6 Å². The highest BCUT2D eigenvalue weighted by atomic mass is 16.7. The Morgan fingerprint density at radius 1 is 1.00 bits per heavy atom. The molecule has 0 spiro atoms. The van der Waals surface area contributed by atoms with Gasteiger partial charge in [0.05, 0.1) is 25.8 Å². The van der Waals surface area contributed by atoms with Crippen molar-refractivity contribution in [2.24, 2.45) is 0 Å². The van der Waals surface area contributed by atoms with E-state index in [-0.39, 0.29) is 19.1 Å². The van der Waals surface area contributed by atoms with Gasteiger partial charge >= 0.3 is 6.16 Å². The SMILES string of the molecule is CCOc1ccc2c(c1)c(-c1ccc3c(c1)OCO3)c(OC(=O)O)c(=O)n2Cc1ccc(OC)cc1. The van der Waals surface area contributed by atoms with E-state index in [0.29, 0.717) is 51.6 Å². The first-order chi connectivity index (χ1) is 17.5. The van der Waals surface area contributed by atoms with Gasteiger partial charge in [0, 0.05) is 10.9 Å². The fourth-order valence-corrected chi connectivity index (χ4v) is 4.26. The highest BCUT2D eigenvalue weighted by molar-refractivity contribution is 5.99. The number of rotatable bonds is 7. The first kappa shape index (κ1) is 23.1. The number of pyridine rings is 1. The number of aromatic nitrogens is 1. The first-order valence-electron chi connectivity index (χ1n) is 11.3.